The highest BCUT2D eigenvalue weighted by molar-refractivity contribution is 5.51. The van der Waals surface area contributed by atoms with Gasteiger partial charge in [-0.2, -0.15) is 0 Å². The molecule has 2 heterocycles. The molecule has 0 bridgehead atoms. The number of nitrogens with zero attached hydrogens (tertiary/aromatic N) is 2. The molecule has 2 nitrogen and oxygen atoms in total. The monoisotopic (exact) mass is 186 g/mol. The van der Waals surface area contributed by atoms with Crippen LogP contribution in [-0.4, -0.2) is 9.38 Å². The molecule has 0 aromatic carbocycles. The van der Waals surface area contributed by atoms with Crippen LogP contribution in [0.15, 0.2) is 18.3 Å². The summed E-state index contributed by atoms with van der Waals surface area (Å²) in [5, 5.41) is 0. The van der Waals surface area contributed by atoms with E-state index in [1.54, 1.807) is 0 Å². The van der Waals surface area contributed by atoms with Gasteiger partial charge in [-0.1, -0.05) is 6.07 Å². The zero-order valence-corrected chi connectivity index (χ0v) is 8.62. The molecule has 1 aliphatic carbocycles. The Kier molecular flexibility index (Phi) is 1.49. The minimum Gasteiger partial charge on any atom is -0.304 e. The molecule has 3 rings (SSSR count). The third-order valence-corrected chi connectivity index (χ3v) is 3.08. The van der Waals surface area contributed by atoms with Crippen molar-refractivity contribution in [2.75, 3.05) is 0 Å². The number of pyridine rings is 1. The van der Waals surface area contributed by atoms with Gasteiger partial charge in [0.1, 0.15) is 5.65 Å². The smallest absolute Gasteiger partial charge is 0.140 e. The molecule has 0 amide bonds. The van der Waals surface area contributed by atoms with Crippen molar-refractivity contribution < 1.29 is 0 Å². The number of aromatic nitrogens is 2. The number of fused-ring (bicyclic) bond motifs is 1. The molecule has 0 atom stereocenters. The predicted molar refractivity (Wildman–Crippen MR) is 56.6 cm³/mol. The molecule has 0 spiro atoms. The Labute approximate surface area is 83.6 Å². The summed E-state index contributed by atoms with van der Waals surface area (Å²) in [6.07, 6.45) is 4.75. The van der Waals surface area contributed by atoms with E-state index in [2.05, 4.69) is 36.6 Å². The van der Waals surface area contributed by atoms with Crippen LogP contribution in [0.4, 0.5) is 0 Å². The van der Waals surface area contributed by atoms with Crippen LogP contribution < -0.4 is 0 Å². The Bertz CT molecular complexity index is 492. The molecule has 0 radical (unpaired) electrons. The van der Waals surface area contributed by atoms with Crippen molar-refractivity contribution in [2.45, 2.75) is 32.6 Å². The lowest BCUT2D eigenvalue weighted by Crippen LogP contribution is -1.88. The Morgan fingerprint density at radius 1 is 1.36 bits per heavy atom. The van der Waals surface area contributed by atoms with Gasteiger partial charge in [-0.15, -0.1) is 0 Å². The molecule has 2 heteroatoms. The normalized spacial score (nSPS) is 16.4. The third kappa shape index (κ3) is 0.999. The lowest BCUT2D eigenvalue weighted by Gasteiger charge is -1.97. The Hall–Kier alpha value is -1.31. The molecule has 0 unspecified atom stereocenters. The first-order chi connectivity index (χ1) is 6.77. The fraction of sp³-hybridized carbons (Fsp3) is 0.417. The SMILES string of the molecule is Cc1cccn2c(C)c(C3CC3)nc12. The van der Waals surface area contributed by atoms with Crippen LogP contribution in [-0.2, 0) is 0 Å². The standard InChI is InChI=1S/C12H14N2/c1-8-4-3-7-14-9(2)11(10-5-6-10)13-12(8)14/h3-4,7,10H,5-6H2,1-2H3. The largest absolute Gasteiger partial charge is 0.304 e. The summed E-state index contributed by atoms with van der Waals surface area (Å²) in [7, 11) is 0. The number of rotatable bonds is 1. The van der Waals surface area contributed by atoms with Gasteiger partial charge in [0.05, 0.1) is 5.69 Å². The summed E-state index contributed by atoms with van der Waals surface area (Å²) in [6, 6.07) is 4.21. The first kappa shape index (κ1) is 8.04. The number of hydrogen-bond donors (Lipinski definition) is 0. The Morgan fingerprint density at radius 2 is 2.14 bits per heavy atom. The van der Waals surface area contributed by atoms with E-state index in [9.17, 15) is 0 Å². The Morgan fingerprint density at radius 3 is 2.79 bits per heavy atom. The molecule has 0 saturated heterocycles. The molecule has 1 aliphatic rings. The quantitative estimate of drug-likeness (QED) is 0.669. The van der Waals surface area contributed by atoms with E-state index in [4.69, 9.17) is 4.98 Å². The van der Waals surface area contributed by atoms with E-state index in [1.165, 1.54) is 29.8 Å². The fourth-order valence-corrected chi connectivity index (χ4v) is 2.08. The number of aryl methyl sites for hydroxylation is 2. The topological polar surface area (TPSA) is 17.3 Å². The van der Waals surface area contributed by atoms with Gasteiger partial charge in [0.2, 0.25) is 0 Å². The van der Waals surface area contributed by atoms with E-state index >= 15 is 0 Å². The van der Waals surface area contributed by atoms with Gasteiger partial charge in [-0.05, 0) is 38.3 Å². The van der Waals surface area contributed by atoms with Gasteiger partial charge in [0, 0.05) is 17.8 Å². The highest BCUT2D eigenvalue weighted by atomic mass is 15.0. The first-order valence-electron chi connectivity index (χ1n) is 5.21. The summed E-state index contributed by atoms with van der Waals surface area (Å²) in [5.41, 5.74) is 5.04. The second-order valence-corrected chi connectivity index (χ2v) is 4.24. The molecule has 0 aliphatic heterocycles. The second kappa shape index (κ2) is 2.59. The van der Waals surface area contributed by atoms with Crippen LogP contribution in [0.2, 0.25) is 0 Å². The van der Waals surface area contributed by atoms with E-state index in [1.807, 2.05) is 0 Å². The minimum atomic E-state index is 0.745. The molecule has 14 heavy (non-hydrogen) atoms. The van der Waals surface area contributed by atoms with Crippen LogP contribution in [0.1, 0.15) is 35.7 Å². The van der Waals surface area contributed by atoms with Crippen LogP contribution in [0, 0.1) is 13.8 Å². The third-order valence-electron chi connectivity index (χ3n) is 3.08. The van der Waals surface area contributed by atoms with E-state index in [0.717, 1.165) is 11.6 Å². The minimum absolute atomic E-state index is 0.745. The fourth-order valence-electron chi connectivity index (χ4n) is 2.08. The van der Waals surface area contributed by atoms with Crippen molar-refractivity contribution >= 4 is 5.65 Å². The van der Waals surface area contributed by atoms with Gasteiger partial charge in [0.25, 0.3) is 0 Å². The second-order valence-electron chi connectivity index (χ2n) is 4.24. The van der Waals surface area contributed by atoms with Gasteiger partial charge < -0.3 is 4.40 Å². The van der Waals surface area contributed by atoms with E-state index < -0.39 is 0 Å². The maximum atomic E-state index is 4.74. The summed E-state index contributed by atoms with van der Waals surface area (Å²) in [4.78, 5) is 4.74. The molecule has 72 valence electrons. The molecule has 1 saturated carbocycles. The zero-order valence-electron chi connectivity index (χ0n) is 8.62. The molecule has 2 aromatic rings. The lowest BCUT2D eigenvalue weighted by molar-refractivity contribution is 1.01. The van der Waals surface area contributed by atoms with Gasteiger partial charge in [-0.25, -0.2) is 4.98 Å². The molecule has 0 N–H and O–H groups in total. The highest BCUT2D eigenvalue weighted by Gasteiger charge is 2.28. The maximum Gasteiger partial charge on any atom is 0.140 e. The van der Waals surface area contributed by atoms with Crippen LogP contribution >= 0.6 is 0 Å². The summed E-state index contributed by atoms with van der Waals surface area (Å²) >= 11 is 0. The predicted octanol–water partition coefficient (Wildman–Crippen LogP) is 2.83. The average molecular weight is 186 g/mol. The zero-order chi connectivity index (χ0) is 9.71. The van der Waals surface area contributed by atoms with Crippen LogP contribution in [0.25, 0.3) is 5.65 Å². The Balaban J connectivity index is 2.33. The van der Waals surface area contributed by atoms with Crippen molar-refractivity contribution in [3.05, 3.63) is 35.3 Å². The van der Waals surface area contributed by atoms with Crippen molar-refractivity contribution in [3.8, 4) is 0 Å². The molecule has 2 aromatic heterocycles. The van der Waals surface area contributed by atoms with Crippen LogP contribution in [0.5, 0.6) is 0 Å². The van der Waals surface area contributed by atoms with E-state index in [0.29, 0.717) is 0 Å². The van der Waals surface area contributed by atoms with Crippen molar-refractivity contribution in [3.63, 3.8) is 0 Å². The average Bonchev–Trinajstić information content (AvgIpc) is 2.94. The van der Waals surface area contributed by atoms with Crippen molar-refractivity contribution in [1.82, 2.24) is 9.38 Å². The van der Waals surface area contributed by atoms with Crippen molar-refractivity contribution in [2.24, 2.45) is 0 Å². The number of hydrogen-bond acceptors (Lipinski definition) is 1. The van der Waals surface area contributed by atoms with Gasteiger partial charge in [-0.3, -0.25) is 0 Å². The maximum absolute atomic E-state index is 4.74. The summed E-state index contributed by atoms with van der Waals surface area (Å²) in [6.45, 7) is 4.30. The van der Waals surface area contributed by atoms with Crippen LogP contribution in [0.3, 0.4) is 0 Å². The molecular weight excluding hydrogens is 172 g/mol. The van der Waals surface area contributed by atoms with Gasteiger partial charge in [0.15, 0.2) is 0 Å². The molecular formula is C12H14N2. The summed E-state index contributed by atoms with van der Waals surface area (Å²) in [5.74, 6) is 0.745. The lowest BCUT2D eigenvalue weighted by atomic mass is 10.2. The number of imidazole rings is 1. The van der Waals surface area contributed by atoms with E-state index in [-0.39, 0.29) is 0 Å². The summed E-state index contributed by atoms with van der Waals surface area (Å²) < 4.78 is 2.21. The first-order valence-corrected chi connectivity index (χ1v) is 5.21. The van der Waals surface area contributed by atoms with Gasteiger partial charge >= 0.3 is 0 Å². The molecule has 1 fully saturated rings. The highest BCUT2D eigenvalue weighted by Crippen LogP contribution is 2.41. The van der Waals surface area contributed by atoms with Crippen molar-refractivity contribution in [1.29, 1.82) is 0 Å².